The molecule has 0 bridgehead atoms. The van der Waals surface area contributed by atoms with Crippen LogP contribution in [0.25, 0.3) is 0 Å². The first-order valence-corrected chi connectivity index (χ1v) is 26.8. The van der Waals surface area contributed by atoms with Crippen LogP contribution < -0.4 is 0 Å². The van der Waals surface area contributed by atoms with E-state index in [-0.39, 0.29) is 12.8 Å². The van der Waals surface area contributed by atoms with Crippen LogP contribution in [0.5, 0.6) is 0 Å². The Morgan fingerprint density at radius 3 is 1.06 bits per heavy atom. The molecule has 6 N–H and O–H groups in total. The van der Waals surface area contributed by atoms with E-state index in [1.165, 1.54) is 161 Å². The number of rotatable bonds is 43. The molecule has 0 aromatic carbocycles. The van der Waals surface area contributed by atoms with Gasteiger partial charge < -0.3 is 39.9 Å². The van der Waals surface area contributed by atoms with Gasteiger partial charge in [-0.2, -0.15) is 0 Å². The van der Waals surface area contributed by atoms with E-state index in [2.05, 4.69) is 13.8 Å². The number of hydrogen-bond acceptors (Lipinski definition) is 12. The van der Waals surface area contributed by atoms with Gasteiger partial charge in [0.1, 0.15) is 43.2 Å². The molecule has 13 nitrogen and oxygen atoms in total. The van der Waals surface area contributed by atoms with E-state index in [1.807, 2.05) is 0 Å². The third kappa shape index (κ3) is 30.9. The summed E-state index contributed by atoms with van der Waals surface area (Å²) in [4.78, 5) is 35.8. The quantitative estimate of drug-likeness (QED) is 0.0191. The minimum Gasteiger partial charge on any atom is -0.462 e. The van der Waals surface area contributed by atoms with Gasteiger partial charge >= 0.3 is 19.8 Å². The zero-order chi connectivity index (χ0) is 45.7. The van der Waals surface area contributed by atoms with E-state index in [9.17, 15) is 44.6 Å². The summed E-state index contributed by atoms with van der Waals surface area (Å²) in [5.41, 5.74) is 0. The van der Waals surface area contributed by atoms with Crippen LogP contribution in [-0.2, 0) is 32.7 Å². The van der Waals surface area contributed by atoms with Crippen LogP contribution in [0.15, 0.2) is 0 Å². The van der Waals surface area contributed by atoms with Crippen molar-refractivity contribution in [2.45, 2.75) is 281 Å². The predicted molar refractivity (Wildman–Crippen MR) is 244 cm³/mol. The van der Waals surface area contributed by atoms with Crippen molar-refractivity contribution in [3.05, 3.63) is 0 Å². The van der Waals surface area contributed by atoms with Crippen LogP contribution in [-0.4, -0.2) is 98.3 Å². The standard InChI is InChI=1S/C48H93O13P/c1-3-5-7-9-11-13-15-17-19-21-23-24-26-28-30-32-34-36-41(49)58-38-40(39-59-62(56,57)61-48-46(54)44(52)43(51)45(53)47(48)55)60-42(50)37-35-33-31-29-27-25-22-20-18-16-14-12-10-8-6-4-2/h40,43-48,51-55H,3-39H2,1-2H3,(H,56,57)/t40-,43?,44-,45?,46?,47?,48?/m0/s1. The molecule has 62 heavy (non-hydrogen) atoms. The molecule has 0 aromatic rings. The van der Waals surface area contributed by atoms with Crippen LogP contribution in [0.2, 0.25) is 0 Å². The highest BCUT2D eigenvalue weighted by Gasteiger charge is 2.51. The number of hydrogen-bond donors (Lipinski definition) is 6. The van der Waals surface area contributed by atoms with Gasteiger partial charge in [0.05, 0.1) is 6.61 Å². The van der Waals surface area contributed by atoms with Gasteiger partial charge in [0.2, 0.25) is 0 Å². The van der Waals surface area contributed by atoms with Gasteiger partial charge in [0.25, 0.3) is 0 Å². The molecule has 1 aliphatic rings. The zero-order valence-corrected chi connectivity index (χ0v) is 40.1. The van der Waals surface area contributed by atoms with E-state index in [0.717, 1.165) is 38.5 Å². The number of aliphatic hydroxyl groups is 5. The average Bonchev–Trinajstić information content (AvgIpc) is 3.25. The Morgan fingerprint density at radius 1 is 0.435 bits per heavy atom. The molecule has 1 fully saturated rings. The molecule has 0 aliphatic heterocycles. The molecule has 0 radical (unpaired) electrons. The van der Waals surface area contributed by atoms with Crippen LogP contribution in [0.3, 0.4) is 0 Å². The lowest BCUT2D eigenvalue weighted by atomic mass is 9.85. The van der Waals surface area contributed by atoms with Crippen molar-refractivity contribution < 1.29 is 63.1 Å². The highest BCUT2D eigenvalue weighted by atomic mass is 31.2. The number of carbonyl (C=O) groups is 2. The van der Waals surface area contributed by atoms with Crippen molar-refractivity contribution in [2.75, 3.05) is 13.2 Å². The molecule has 0 aromatic heterocycles. The topological polar surface area (TPSA) is 210 Å². The molecular weight excluding hydrogens is 815 g/mol. The molecule has 1 rings (SSSR count). The van der Waals surface area contributed by atoms with Crippen LogP contribution in [0.1, 0.15) is 239 Å². The second kappa shape index (κ2) is 39.1. The Hall–Kier alpha value is -1.15. The normalized spacial score (nSPS) is 21.7. The van der Waals surface area contributed by atoms with Crippen LogP contribution >= 0.6 is 7.82 Å². The molecule has 8 atom stereocenters. The summed E-state index contributed by atoms with van der Waals surface area (Å²) in [6.45, 7) is 3.34. The number of phosphoric acid groups is 1. The number of phosphoric ester groups is 1. The predicted octanol–water partition coefficient (Wildman–Crippen LogP) is 10.5. The summed E-state index contributed by atoms with van der Waals surface area (Å²) < 4.78 is 33.6. The highest BCUT2D eigenvalue weighted by molar-refractivity contribution is 7.47. The smallest absolute Gasteiger partial charge is 0.462 e. The van der Waals surface area contributed by atoms with Gasteiger partial charge in [0.15, 0.2) is 6.10 Å². The molecule has 1 saturated carbocycles. The fourth-order valence-electron chi connectivity index (χ4n) is 8.11. The average molecular weight is 909 g/mol. The molecule has 14 heteroatoms. The first-order valence-electron chi connectivity index (χ1n) is 25.3. The van der Waals surface area contributed by atoms with Gasteiger partial charge in [-0.3, -0.25) is 18.6 Å². The van der Waals surface area contributed by atoms with Gasteiger partial charge in [-0.25, -0.2) is 4.57 Å². The van der Waals surface area contributed by atoms with Crippen molar-refractivity contribution >= 4 is 19.8 Å². The summed E-state index contributed by atoms with van der Waals surface area (Å²) in [7, 11) is -5.11. The Balaban J connectivity index is 2.39. The highest BCUT2D eigenvalue weighted by Crippen LogP contribution is 2.47. The third-order valence-electron chi connectivity index (χ3n) is 12.2. The van der Waals surface area contributed by atoms with Crippen molar-refractivity contribution in [3.63, 3.8) is 0 Å². The monoisotopic (exact) mass is 909 g/mol. The number of ether oxygens (including phenoxy) is 2. The second-order valence-corrected chi connectivity index (χ2v) is 19.4. The lowest BCUT2D eigenvalue weighted by molar-refractivity contribution is -0.220. The fraction of sp³-hybridized carbons (Fsp3) is 0.958. The van der Waals surface area contributed by atoms with Crippen LogP contribution in [0, 0.1) is 0 Å². The summed E-state index contributed by atoms with van der Waals surface area (Å²) in [6, 6.07) is 0. The molecule has 368 valence electrons. The minimum absolute atomic E-state index is 0.105. The van der Waals surface area contributed by atoms with Gasteiger partial charge in [0, 0.05) is 12.8 Å². The number of carbonyl (C=O) groups excluding carboxylic acids is 2. The van der Waals surface area contributed by atoms with Crippen molar-refractivity contribution in [3.8, 4) is 0 Å². The Labute approximate surface area is 376 Å². The molecule has 1 aliphatic carbocycles. The van der Waals surface area contributed by atoms with Gasteiger partial charge in [-0.15, -0.1) is 0 Å². The molecule has 6 unspecified atom stereocenters. The molecule has 0 heterocycles. The van der Waals surface area contributed by atoms with E-state index >= 15 is 0 Å². The molecular formula is C48H93O13P. The minimum atomic E-state index is -5.11. The number of esters is 2. The first-order chi connectivity index (χ1) is 29.9. The lowest BCUT2D eigenvalue weighted by Crippen LogP contribution is -2.64. The maximum Gasteiger partial charge on any atom is 0.472 e. The van der Waals surface area contributed by atoms with Gasteiger partial charge in [-0.1, -0.05) is 213 Å². The van der Waals surface area contributed by atoms with Crippen molar-refractivity contribution in [1.29, 1.82) is 0 Å². The van der Waals surface area contributed by atoms with Crippen molar-refractivity contribution in [2.24, 2.45) is 0 Å². The zero-order valence-electron chi connectivity index (χ0n) is 39.2. The third-order valence-corrected chi connectivity index (χ3v) is 13.2. The first kappa shape index (κ1) is 58.9. The van der Waals surface area contributed by atoms with E-state index in [0.29, 0.717) is 12.8 Å². The summed E-state index contributed by atoms with van der Waals surface area (Å²) in [5, 5.41) is 50.2. The summed E-state index contributed by atoms with van der Waals surface area (Å²) in [5.74, 6) is -1.08. The summed E-state index contributed by atoms with van der Waals surface area (Å²) in [6.07, 6.45) is 27.2. The second-order valence-electron chi connectivity index (χ2n) is 18.0. The van der Waals surface area contributed by atoms with Gasteiger partial charge in [-0.05, 0) is 12.8 Å². The fourth-order valence-corrected chi connectivity index (χ4v) is 9.09. The SMILES string of the molecule is CCCCCCCCCCCCCCCCCCCC(=O)OC[C@@H](COP(=O)(O)OC1C(O)C(O)C(O)[C@H](O)C1O)OC(=O)CCCCCCCCCCCCCCCCCC. The Kier molecular flexibility index (Phi) is 37.1. The van der Waals surface area contributed by atoms with Crippen LogP contribution in [0.4, 0.5) is 0 Å². The number of aliphatic hydroxyl groups excluding tert-OH is 5. The molecule has 0 saturated heterocycles. The largest absolute Gasteiger partial charge is 0.472 e. The molecule has 0 amide bonds. The maximum absolute atomic E-state index is 12.8. The van der Waals surface area contributed by atoms with E-state index < -0.39 is 75.7 Å². The lowest BCUT2D eigenvalue weighted by Gasteiger charge is -2.41. The number of unbranched alkanes of at least 4 members (excludes halogenated alkanes) is 31. The Morgan fingerprint density at radius 2 is 0.726 bits per heavy atom. The summed E-state index contributed by atoms with van der Waals surface area (Å²) >= 11 is 0. The molecule has 0 spiro atoms. The van der Waals surface area contributed by atoms with E-state index in [1.54, 1.807) is 0 Å². The van der Waals surface area contributed by atoms with E-state index in [4.69, 9.17) is 18.5 Å². The maximum atomic E-state index is 12.8. The Bertz CT molecular complexity index is 1100. The van der Waals surface area contributed by atoms with Crippen molar-refractivity contribution in [1.82, 2.24) is 0 Å².